The molecule has 2 aromatic rings. The average molecular weight is 354 g/mol. The van der Waals surface area contributed by atoms with Crippen LogP contribution in [0.2, 0.25) is 0 Å². The molecule has 4 rings (SSSR count). The maximum Gasteiger partial charge on any atom is 0.253 e. The lowest BCUT2D eigenvalue weighted by molar-refractivity contribution is -0.128. The van der Waals surface area contributed by atoms with Crippen LogP contribution in [-0.4, -0.2) is 35.7 Å². The van der Waals surface area contributed by atoms with Gasteiger partial charge in [0.2, 0.25) is 0 Å². The van der Waals surface area contributed by atoms with Gasteiger partial charge >= 0.3 is 0 Å². The predicted molar refractivity (Wildman–Crippen MR) is 96.0 cm³/mol. The Morgan fingerprint density at radius 1 is 1.42 bits per heavy atom. The molecule has 0 aliphatic carbocycles. The summed E-state index contributed by atoms with van der Waals surface area (Å²) in [5.74, 6) is 2.18. The molecule has 6 nitrogen and oxygen atoms in total. The minimum absolute atomic E-state index is 0.000570. The number of ether oxygens (including phenoxy) is 2. The summed E-state index contributed by atoms with van der Waals surface area (Å²) in [6.45, 7) is 5.34. The Bertz CT molecular complexity index is 855. The van der Waals surface area contributed by atoms with Gasteiger partial charge in [-0.1, -0.05) is 17.3 Å². The third kappa shape index (κ3) is 2.96. The van der Waals surface area contributed by atoms with Gasteiger partial charge < -0.3 is 18.9 Å². The van der Waals surface area contributed by atoms with Gasteiger partial charge in [-0.05, 0) is 38.8 Å². The number of fused-ring (bicyclic) bond motifs is 1. The highest BCUT2D eigenvalue weighted by Crippen LogP contribution is 2.38. The standard InChI is InChI=1S/C20H22N2O4/c1-3-24-18-8-4-6-14-11-15(12-25-19(14)18)20(23)22-9-5-7-17(22)16-10-13(2)26-21-16/h4,6,8,10-11,17H,3,5,7,9,12H2,1-2H3. The zero-order valence-corrected chi connectivity index (χ0v) is 15.0. The summed E-state index contributed by atoms with van der Waals surface area (Å²) in [4.78, 5) is 15.0. The van der Waals surface area contributed by atoms with Crippen molar-refractivity contribution >= 4 is 12.0 Å². The number of carbonyl (C=O) groups excluding carboxylic acids is 1. The van der Waals surface area contributed by atoms with Crippen LogP contribution in [0.5, 0.6) is 11.5 Å². The number of aromatic nitrogens is 1. The van der Waals surface area contributed by atoms with E-state index < -0.39 is 0 Å². The molecule has 136 valence electrons. The number of aryl methyl sites for hydroxylation is 1. The topological polar surface area (TPSA) is 64.8 Å². The number of likely N-dealkylation sites (tertiary alicyclic amines) is 1. The predicted octanol–water partition coefficient (Wildman–Crippen LogP) is 3.52. The van der Waals surface area contributed by atoms with E-state index in [9.17, 15) is 4.79 Å². The summed E-state index contributed by atoms with van der Waals surface area (Å²) in [5.41, 5.74) is 2.35. The van der Waals surface area contributed by atoms with Gasteiger partial charge in [0.25, 0.3) is 5.91 Å². The van der Waals surface area contributed by atoms with Crippen molar-refractivity contribution in [1.29, 1.82) is 0 Å². The molecular formula is C20H22N2O4. The van der Waals surface area contributed by atoms with Crippen molar-refractivity contribution in [3.05, 3.63) is 46.9 Å². The third-order valence-electron chi connectivity index (χ3n) is 4.79. The molecule has 2 aliphatic rings. The van der Waals surface area contributed by atoms with Gasteiger partial charge in [-0.15, -0.1) is 0 Å². The Morgan fingerprint density at radius 3 is 3.08 bits per heavy atom. The number of hydrogen-bond donors (Lipinski definition) is 0. The van der Waals surface area contributed by atoms with Crippen LogP contribution in [0.1, 0.15) is 42.8 Å². The van der Waals surface area contributed by atoms with Crippen molar-refractivity contribution in [2.75, 3.05) is 19.8 Å². The number of benzene rings is 1. The monoisotopic (exact) mass is 354 g/mol. The van der Waals surface area contributed by atoms with E-state index in [1.54, 1.807) is 0 Å². The van der Waals surface area contributed by atoms with Crippen molar-refractivity contribution in [2.24, 2.45) is 0 Å². The summed E-state index contributed by atoms with van der Waals surface area (Å²) in [6.07, 6.45) is 3.77. The van der Waals surface area contributed by atoms with Crippen LogP contribution in [0, 0.1) is 6.92 Å². The van der Waals surface area contributed by atoms with Crippen molar-refractivity contribution in [2.45, 2.75) is 32.7 Å². The first-order valence-electron chi connectivity index (χ1n) is 9.00. The summed E-state index contributed by atoms with van der Waals surface area (Å²) < 4.78 is 16.7. The Kier molecular flexibility index (Phi) is 4.41. The zero-order valence-electron chi connectivity index (χ0n) is 15.0. The molecule has 1 aromatic carbocycles. The van der Waals surface area contributed by atoms with Crippen LogP contribution < -0.4 is 9.47 Å². The smallest absolute Gasteiger partial charge is 0.253 e. The Morgan fingerprint density at radius 2 is 2.31 bits per heavy atom. The molecule has 6 heteroatoms. The lowest BCUT2D eigenvalue weighted by Crippen LogP contribution is -2.34. The fourth-order valence-corrected chi connectivity index (χ4v) is 3.62. The second-order valence-electron chi connectivity index (χ2n) is 6.58. The average Bonchev–Trinajstić information content (AvgIpc) is 3.30. The first-order valence-corrected chi connectivity index (χ1v) is 9.00. The van der Waals surface area contributed by atoms with E-state index in [2.05, 4.69) is 5.16 Å². The molecule has 1 fully saturated rings. The van der Waals surface area contributed by atoms with Crippen LogP contribution in [0.3, 0.4) is 0 Å². The molecule has 1 aromatic heterocycles. The minimum Gasteiger partial charge on any atom is -0.490 e. The summed E-state index contributed by atoms with van der Waals surface area (Å²) in [6, 6.07) is 7.61. The second kappa shape index (κ2) is 6.86. The molecule has 0 radical (unpaired) electrons. The quantitative estimate of drug-likeness (QED) is 0.840. The fourth-order valence-electron chi connectivity index (χ4n) is 3.62. The molecule has 0 saturated carbocycles. The first kappa shape index (κ1) is 16.7. The number of para-hydroxylation sites is 1. The maximum absolute atomic E-state index is 13.1. The minimum atomic E-state index is -0.0306. The van der Waals surface area contributed by atoms with E-state index in [1.165, 1.54) is 0 Å². The van der Waals surface area contributed by atoms with Crippen LogP contribution in [0.25, 0.3) is 6.08 Å². The summed E-state index contributed by atoms with van der Waals surface area (Å²) in [7, 11) is 0. The lowest BCUT2D eigenvalue weighted by Gasteiger charge is -2.26. The Hall–Kier alpha value is -2.76. The zero-order chi connectivity index (χ0) is 18.1. The molecule has 1 saturated heterocycles. The van der Waals surface area contributed by atoms with Gasteiger partial charge in [-0.3, -0.25) is 4.79 Å². The second-order valence-corrected chi connectivity index (χ2v) is 6.58. The van der Waals surface area contributed by atoms with Gasteiger partial charge in [0.15, 0.2) is 11.5 Å². The molecular weight excluding hydrogens is 332 g/mol. The molecule has 3 heterocycles. The van der Waals surface area contributed by atoms with Crippen molar-refractivity contribution in [3.63, 3.8) is 0 Å². The van der Waals surface area contributed by atoms with Crippen LogP contribution >= 0.6 is 0 Å². The van der Waals surface area contributed by atoms with E-state index in [1.807, 2.05) is 49.1 Å². The summed E-state index contributed by atoms with van der Waals surface area (Å²) in [5, 5.41) is 4.11. The van der Waals surface area contributed by atoms with E-state index in [0.717, 1.165) is 36.4 Å². The normalized spacial score (nSPS) is 18.9. The number of rotatable bonds is 4. The number of hydrogen-bond acceptors (Lipinski definition) is 5. The Balaban J connectivity index is 1.59. The van der Waals surface area contributed by atoms with Crippen LogP contribution in [-0.2, 0) is 4.79 Å². The van der Waals surface area contributed by atoms with E-state index >= 15 is 0 Å². The number of nitrogens with zero attached hydrogens (tertiary/aromatic N) is 2. The third-order valence-corrected chi connectivity index (χ3v) is 4.79. The van der Waals surface area contributed by atoms with Gasteiger partial charge in [-0.25, -0.2) is 0 Å². The van der Waals surface area contributed by atoms with Crippen LogP contribution in [0.15, 0.2) is 34.4 Å². The SMILES string of the molecule is CCOc1cccc2c1OCC(C(=O)N1CCCC1c1cc(C)on1)=C2. The molecule has 1 atom stereocenters. The first-order chi connectivity index (χ1) is 12.7. The molecule has 0 spiro atoms. The Labute approximate surface area is 152 Å². The molecule has 0 N–H and O–H groups in total. The van der Waals surface area contributed by atoms with Crippen molar-refractivity contribution < 1.29 is 18.8 Å². The molecule has 1 unspecified atom stereocenters. The van der Waals surface area contributed by atoms with Gasteiger partial charge in [0.05, 0.1) is 18.2 Å². The highest BCUT2D eigenvalue weighted by Gasteiger charge is 2.34. The lowest BCUT2D eigenvalue weighted by atomic mass is 10.0. The van der Waals surface area contributed by atoms with Gasteiger partial charge in [0.1, 0.15) is 18.1 Å². The number of carbonyl (C=O) groups is 1. The highest BCUT2D eigenvalue weighted by molar-refractivity contribution is 5.99. The number of amides is 1. The summed E-state index contributed by atoms with van der Waals surface area (Å²) >= 11 is 0. The van der Waals surface area contributed by atoms with Crippen molar-refractivity contribution in [1.82, 2.24) is 10.1 Å². The van der Waals surface area contributed by atoms with Crippen LogP contribution in [0.4, 0.5) is 0 Å². The van der Waals surface area contributed by atoms with E-state index in [0.29, 0.717) is 23.7 Å². The van der Waals surface area contributed by atoms with Gasteiger partial charge in [0, 0.05) is 18.2 Å². The van der Waals surface area contributed by atoms with E-state index in [4.69, 9.17) is 14.0 Å². The largest absolute Gasteiger partial charge is 0.490 e. The molecule has 2 aliphatic heterocycles. The van der Waals surface area contributed by atoms with Crippen molar-refractivity contribution in [3.8, 4) is 11.5 Å². The molecule has 0 bridgehead atoms. The highest BCUT2D eigenvalue weighted by atomic mass is 16.5. The van der Waals surface area contributed by atoms with E-state index in [-0.39, 0.29) is 18.6 Å². The van der Waals surface area contributed by atoms with Gasteiger partial charge in [-0.2, -0.15) is 0 Å². The fraction of sp³-hybridized carbons (Fsp3) is 0.400. The molecule has 26 heavy (non-hydrogen) atoms. The maximum atomic E-state index is 13.1. The molecule has 1 amide bonds.